The highest BCUT2D eigenvalue weighted by Gasteiger charge is 2.02. The highest BCUT2D eigenvalue weighted by Crippen LogP contribution is 2.17. The number of benzene rings is 1. The van der Waals surface area contributed by atoms with Gasteiger partial charge in [0, 0.05) is 5.75 Å². The lowest BCUT2D eigenvalue weighted by Crippen LogP contribution is -1.90. The van der Waals surface area contributed by atoms with Crippen molar-refractivity contribution >= 4 is 11.8 Å². The van der Waals surface area contributed by atoms with Gasteiger partial charge < -0.3 is 0 Å². The number of aryl methyl sites for hydroxylation is 1. The lowest BCUT2D eigenvalue weighted by atomic mass is 10.1. The van der Waals surface area contributed by atoms with Crippen molar-refractivity contribution in [2.24, 2.45) is 0 Å². The summed E-state index contributed by atoms with van der Waals surface area (Å²) in [5.41, 5.74) is 1.56. The Hall–Kier alpha value is -0.500. The van der Waals surface area contributed by atoms with Gasteiger partial charge in [-0.05, 0) is 23.8 Å². The van der Waals surface area contributed by atoms with Crippen molar-refractivity contribution < 1.29 is 4.39 Å². The highest BCUT2D eigenvalue weighted by atomic mass is 32.2. The molecule has 0 spiro atoms. The zero-order valence-corrected chi connectivity index (χ0v) is 8.25. The van der Waals surface area contributed by atoms with Crippen LogP contribution in [0.15, 0.2) is 18.2 Å². The Bertz CT molecular complexity index is 258. The Morgan fingerprint density at radius 2 is 2.17 bits per heavy atom. The van der Waals surface area contributed by atoms with Gasteiger partial charge in [-0.25, -0.2) is 4.39 Å². The SMILES string of the molecule is CCSCc1cccc(C)c1F. The van der Waals surface area contributed by atoms with E-state index in [1.807, 2.05) is 12.1 Å². The van der Waals surface area contributed by atoms with Crippen molar-refractivity contribution in [1.82, 2.24) is 0 Å². The van der Waals surface area contributed by atoms with E-state index in [1.165, 1.54) is 0 Å². The standard InChI is InChI=1S/C10H13FS/c1-3-12-7-9-6-4-5-8(2)10(9)11/h4-6H,3,7H2,1-2H3. The van der Waals surface area contributed by atoms with Crippen LogP contribution in [0.5, 0.6) is 0 Å². The van der Waals surface area contributed by atoms with Crippen molar-refractivity contribution in [2.45, 2.75) is 19.6 Å². The summed E-state index contributed by atoms with van der Waals surface area (Å²) in [7, 11) is 0. The molecule has 2 heteroatoms. The molecule has 0 unspecified atom stereocenters. The Balaban J connectivity index is 2.78. The van der Waals surface area contributed by atoms with Gasteiger partial charge >= 0.3 is 0 Å². The van der Waals surface area contributed by atoms with Gasteiger partial charge in [0.1, 0.15) is 5.82 Å². The maximum Gasteiger partial charge on any atom is 0.130 e. The number of rotatable bonds is 3. The van der Waals surface area contributed by atoms with Crippen LogP contribution < -0.4 is 0 Å². The zero-order valence-electron chi connectivity index (χ0n) is 7.43. The fourth-order valence-electron chi connectivity index (χ4n) is 1.03. The summed E-state index contributed by atoms with van der Waals surface area (Å²) in [6.45, 7) is 3.88. The van der Waals surface area contributed by atoms with Crippen LogP contribution in [0.4, 0.5) is 4.39 Å². The van der Waals surface area contributed by atoms with E-state index in [4.69, 9.17) is 0 Å². The molecule has 0 amide bonds. The van der Waals surface area contributed by atoms with E-state index in [0.717, 1.165) is 22.6 Å². The van der Waals surface area contributed by atoms with Crippen LogP contribution in [0.3, 0.4) is 0 Å². The molecule has 0 aliphatic carbocycles. The molecule has 0 heterocycles. The van der Waals surface area contributed by atoms with Crippen LogP contribution in [0.25, 0.3) is 0 Å². The average molecular weight is 184 g/mol. The molecule has 1 rings (SSSR count). The molecule has 12 heavy (non-hydrogen) atoms. The van der Waals surface area contributed by atoms with Crippen molar-refractivity contribution in [3.8, 4) is 0 Å². The lowest BCUT2D eigenvalue weighted by molar-refractivity contribution is 0.608. The predicted octanol–water partition coefficient (Wildman–Crippen LogP) is 3.39. The minimum atomic E-state index is -0.0431. The maximum atomic E-state index is 13.3. The van der Waals surface area contributed by atoms with E-state index >= 15 is 0 Å². The Morgan fingerprint density at radius 3 is 2.83 bits per heavy atom. The minimum Gasteiger partial charge on any atom is -0.206 e. The molecular formula is C10H13FS. The second kappa shape index (κ2) is 4.51. The van der Waals surface area contributed by atoms with E-state index < -0.39 is 0 Å². The van der Waals surface area contributed by atoms with Crippen molar-refractivity contribution in [1.29, 1.82) is 0 Å². The van der Waals surface area contributed by atoms with Crippen LogP contribution in [-0.4, -0.2) is 5.75 Å². The highest BCUT2D eigenvalue weighted by molar-refractivity contribution is 7.98. The van der Waals surface area contributed by atoms with Gasteiger partial charge in [0.05, 0.1) is 0 Å². The third-order valence-corrected chi connectivity index (χ3v) is 2.66. The largest absolute Gasteiger partial charge is 0.206 e. The van der Waals surface area contributed by atoms with Crippen LogP contribution in [0, 0.1) is 12.7 Å². The van der Waals surface area contributed by atoms with Crippen LogP contribution >= 0.6 is 11.8 Å². The Morgan fingerprint density at radius 1 is 1.42 bits per heavy atom. The number of hydrogen-bond donors (Lipinski definition) is 0. The molecule has 0 N–H and O–H groups in total. The molecule has 0 radical (unpaired) electrons. The van der Waals surface area contributed by atoms with Crippen LogP contribution in [0.1, 0.15) is 18.1 Å². The van der Waals surface area contributed by atoms with Gasteiger partial charge in [0.2, 0.25) is 0 Å². The molecule has 0 aliphatic heterocycles. The first-order valence-electron chi connectivity index (χ1n) is 4.07. The van der Waals surface area contributed by atoms with E-state index in [-0.39, 0.29) is 5.82 Å². The molecule has 1 aromatic rings. The van der Waals surface area contributed by atoms with Gasteiger partial charge in [-0.15, -0.1) is 0 Å². The molecule has 0 nitrogen and oxygen atoms in total. The van der Waals surface area contributed by atoms with Gasteiger partial charge in [0.25, 0.3) is 0 Å². The third-order valence-electron chi connectivity index (χ3n) is 1.73. The number of hydrogen-bond acceptors (Lipinski definition) is 1. The first kappa shape index (κ1) is 9.59. The van der Waals surface area contributed by atoms with Crippen molar-refractivity contribution in [3.63, 3.8) is 0 Å². The van der Waals surface area contributed by atoms with Gasteiger partial charge in [-0.2, -0.15) is 11.8 Å². The molecular weight excluding hydrogens is 171 g/mol. The van der Waals surface area contributed by atoms with E-state index in [0.29, 0.717) is 0 Å². The first-order chi connectivity index (χ1) is 5.75. The number of halogens is 1. The smallest absolute Gasteiger partial charge is 0.130 e. The maximum absolute atomic E-state index is 13.3. The van der Waals surface area contributed by atoms with Gasteiger partial charge in [-0.1, -0.05) is 25.1 Å². The van der Waals surface area contributed by atoms with E-state index in [9.17, 15) is 4.39 Å². The average Bonchev–Trinajstić information content (AvgIpc) is 2.08. The molecule has 1 aromatic carbocycles. The summed E-state index contributed by atoms with van der Waals surface area (Å²) in [6, 6.07) is 5.56. The molecule has 0 atom stereocenters. The van der Waals surface area contributed by atoms with Crippen LogP contribution in [0.2, 0.25) is 0 Å². The molecule has 66 valence electrons. The normalized spacial score (nSPS) is 10.2. The second-order valence-corrected chi connectivity index (χ2v) is 3.96. The molecule has 0 saturated heterocycles. The number of thioether (sulfide) groups is 1. The fraction of sp³-hybridized carbons (Fsp3) is 0.400. The summed E-state index contributed by atoms with van der Waals surface area (Å²) in [6.07, 6.45) is 0. The third kappa shape index (κ3) is 2.24. The van der Waals surface area contributed by atoms with Gasteiger partial charge in [0.15, 0.2) is 0 Å². The van der Waals surface area contributed by atoms with Crippen molar-refractivity contribution in [2.75, 3.05) is 5.75 Å². The van der Waals surface area contributed by atoms with E-state index in [2.05, 4.69) is 6.92 Å². The van der Waals surface area contributed by atoms with E-state index in [1.54, 1.807) is 24.8 Å². The lowest BCUT2D eigenvalue weighted by Gasteiger charge is -2.03. The Kier molecular flexibility index (Phi) is 3.60. The quantitative estimate of drug-likeness (QED) is 0.694. The summed E-state index contributed by atoms with van der Waals surface area (Å²) in [5.74, 6) is 1.77. The predicted molar refractivity (Wildman–Crippen MR) is 53.0 cm³/mol. The minimum absolute atomic E-state index is 0.0431. The monoisotopic (exact) mass is 184 g/mol. The second-order valence-electron chi connectivity index (χ2n) is 2.69. The topological polar surface area (TPSA) is 0 Å². The van der Waals surface area contributed by atoms with Crippen LogP contribution in [-0.2, 0) is 5.75 Å². The molecule has 0 fully saturated rings. The summed E-state index contributed by atoms with van der Waals surface area (Å²) in [5, 5.41) is 0. The molecule has 0 aromatic heterocycles. The molecule has 0 aliphatic rings. The summed E-state index contributed by atoms with van der Waals surface area (Å²) < 4.78 is 13.3. The summed E-state index contributed by atoms with van der Waals surface area (Å²) >= 11 is 1.74. The first-order valence-corrected chi connectivity index (χ1v) is 5.23. The van der Waals surface area contributed by atoms with Gasteiger partial charge in [-0.3, -0.25) is 0 Å². The molecule has 0 saturated carbocycles. The summed E-state index contributed by atoms with van der Waals surface area (Å²) in [4.78, 5) is 0. The fourth-order valence-corrected chi connectivity index (χ4v) is 1.68. The Labute approximate surface area is 77.2 Å². The molecule has 0 bridgehead atoms. The zero-order chi connectivity index (χ0) is 8.97. The van der Waals surface area contributed by atoms with Crippen molar-refractivity contribution in [3.05, 3.63) is 35.1 Å².